The van der Waals surface area contributed by atoms with Crippen molar-refractivity contribution in [3.8, 4) is 0 Å². The van der Waals surface area contributed by atoms with Crippen LogP contribution < -0.4 is 4.90 Å². The predicted molar refractivity (Wildman–Crippen MR) is 110 cm³/mol. The third-order valence-electron chi connectivity index (χ3n) is 6.79. The zero-order valence-corrected chi connectivity index (χ0v) is 15.9. The summed E-state index contributed by atoms with van der Waals surface area (Å²) in [6, 6.07) is 21.5. The Bertz CT molecular complexity index is 1130. The van der Waals surface area contributed by atoms with Gasteiger partial charge in [-0.15, -0.1) is 0 Å². The van der Waals surface area contributed by atoms with Gasteiger partial charge in [-0.25, -0.2) is 4.90 Å². The molecule has 0 bridgehead atoms. The molecule has 0 radical (unpaired) electrons. The first-order chi connectivity index (χ1) is 14.2. The van der Waals surface area contributed by atoms with Crippen molar-refractivity contribution in [3.63, 3.8) is 0 Å². The smallest absolute Gasteiger partial charge is 0.239 e. The lowest BCUT2D eigenvalue weighted by Gasteiger charge is -2.28. The Morgan fingerprint density at radius 3 is 2.45 bits per heavy atom. The number of imide groups is 1. The predicted octanol–water partition coefficient (Wildman–Crippen LogP) is 3.56. The molecule has 5 heteroatoms. The zero-order valence-electron chi connectivity index (χ0n) is 15.9. The van der Waals surface area contributed by atoms with Crippen LogP contribution in [0.25, 0.3) is 10.9 Å². The van der Waals surface area contributed by atoms with E-state index in [1.165, 1.54) is 4.90 Å². The number of nitrogens with zero attached hydrogens (tertiary/aromatic N) is 3. The molecule has 3 aromatic rings. The maximum absolute atomic E-state index is 13.5. The highest BCUT2D eigenvalue weighted by atomic mass is 16.2. The van der Waals surface area contributed by atoms with Crippen LogP contribution in [0.5, 0.6) is 0 Å². The van der Waals surface area contributed by atoms with Gasteiger partial charge in [0.1, 0.15) is 0 Å². The Labute approximate surface area is 168 Å². The number of hydrogen-bond acceptors (Lipinski definition) is 4. The molecule has 0 spiro atoms. The van der Waals surface area contributed by atoms with Crippen molar-refractivity contribution in [2.24, 2.45) is 11.8 Å². The van der Waals surface area contributed by atoms with Gasteiger partial charge in [0.15, 0.2) is 0 Å². The molecule has 1 aromatic heterocycles. The SMILES string of the molecule is O=C1[C@@H]2[C@@H](C(=O)N1c1ccccc1)[C@@H](c1ccc3ccccc3n1)N1CCC[C@H]21. The minimum atomic E-state index is -0.360. The fourth-order valence-electron chi connectivity index (χ4n) is 5.63. The van der Waals surface area contributed by atoms with E-state index >= 15 is 0 Å². The monoisotopic (exact) mass is 383 g/mol. The van der Waals surface area contributed by atoms with Gasteiger partial charge in [0.2, 0.25) is 11.8 Å². The molecule has 5 nitrogen and oxygen atoms in total. The third kappa shape index (κ3) is 2.34. The zero-order chi connectivity index (χ0) is 19.5. The van der Waals surface area contributed by atoms with Gasteiger partial charge in [-0.05, 0) is 43.7 Å². The summed E-state index contributed by atoms with van der Waals surface area (Å²) in [5.74, 6) is -0.767. The van der Waals surface area contributed by atoms with E-state index in [1.54, 1.807) is 0 Å². The Hall–Kier alpha value is -3.05. The Morgan fingerprint density at radius 1 is 0.828 bits per heavy atom. The molecule has 0 unspecified atom stereocenters. The van der Waals surface area contributed by atoms with Crippen LogP contribution in [-0.2, 0) is 9.59 Å². The Kier molecular flexibility index (Phi) is 3.62. The maximum atomic E-state index is 13.5. The van der Waals surface area contributed by atoms with Gasteiger partial charge in [0.05, 0.1) is 34.8 Å². The van der Waals surface area contributed by atoms with E-state index in [-0.39, 0.29) is 35.7 Å². The van der Waals surface area contributed by atoms with Gasteiger partial charge in [-0.2, -0.15) is 0 Å². The van der Waals surface area contributed by atoms with Crippen molar-refractivity contribution in [1.82, 2.24) is 9.88 Å². The quantitative estimate of drug-likeness (QED) is 0.635. The number of hydrogen-bond donors (Lipinski definition) is 0. The van der Waals surface area contributed by atoms with Gasteiger partial charge in [0, 0.05) is 11.4 Å². The molecule has 4 heterocycles. The Morgan fingerprint density at radius 2 is 1.59 bits per heavy atom. The van der Waals surface area contributed by atoms with E-state index < -0.39 is 0 Å². The minimum absolute atomic E-state index is 0.0496. The van der Waals surface area contributed by atoms with Crippen molar-refractivity contribution in [2.45, 2.75) is 24.9 Å². The number of benzene rings is 2. The van der Waals surface area contributed by atoms with E-state index in [0.29, 0.717) is 5.69 Å². The van der Waals surface area contributed by atoms with Crippen LogP contribution >= 0.6 is 0 Å². The van der Waals surface area contributed by atoms with Gasteiger partial charge >= 0.3 is 0 Å². The molecule has 3 saturated heterocycles. The van der Waals surface area contributed by atoms with Crippen LogP contribution in [0.2, 0.25) is 0 Å². The van der Waals surface area contributed by atoms with Gasteiger partial charge in [-0.3, -0.25) is 19.5 Å². The standard InChI is InChI=1S/C24H21N3O2/c28-23-20-19-11-6-14-26(19)22(18-13-12-15-7-4-5-10-17(15)25-18)21(20)24(29)27(23)16-8-2-1-3-9-16/h1-5,7-10,12-13,19-22H,6,11,14H2/t19-,20+,21-,22-/m1/s1. The summed E-state index contributed by atoms with van der Waals surface area (Å²) in [7, 11) is 0. The van der Waals surface area contributed by atoms with Crippen LogP contribution in [0.1, 0.15) is 24.6 Å². The number of carbonyl (C=O) groups excluding carboxylic acids is 2. The maximum Gasteiger partial charge on any atom is 0.239 e. The number of fused-ring (bicyclic) bond motifs is 4. The van der Waals surface area contributed by atoms with Crippen molar-refractivity contribution in [3.05, 3.63) is 72.4 Å². The number of carbonyl (C=O) groups is 2. The number of aromatic nitrogens is 1. The minimum Gasteiger partial charge on any atom is -0.290 e. The van der Waals surface area contributed by atoms with Crippen LogP contribution in [0.4, 0.5) is 5.69 Å². The average Bonchev–Trinajstić information content (AvgIpc) is 3.40. The topological polar surface area (TPSA) is 53.5 Å². The van der Waals surface area contributed by atoms with Crippen LogP contribution in [-0.4, -0.2) is 34.3 Å². The molecular weight excluding hydrogens is 362 g/mol. The molecule has 29 heavy (non-hydrogen) atoms. The molecule has 0 aliphatic carbocycles. The summed E-state index contributed by atoms with van der Waals surface area (Å²) < 4.78 is 0. The van der Waals surface area contributed by atoms with E-state index in [0.717, 1.165) is 36.0 Å². The number of anilines is 1. The van der Waals surface area contributed by atoms with E-state index in [9.17, 15) is 9.59 Å². The number of amides is 2. The third-order valence-corrected chi connectivity index (χ3v) is 6.79. The van der Waals surface area contributed by atoms with Crippen molar-refractivity contribution in [1.29, 1.82) is 0 Å². The highest BCUT2D eigenvalue weighted by molar-refractivity contribution is 6.22. The molecule has 3 aliphatic rings. The van der Waals surface area contributed by atoms with Crippen molar-refractivity contribution < 1.29 is 9.59 Å². The molecule has 3 aliphatic heterocycles. The van der Waals surface area contributed by atoms with Gasteiger partial charge in [-0.1, -0.05) is 42.5 Å². The van der Waals surface area contributed by atoms with E-state index in [4.69, 9.17) is 4.98 Å². The molecule has 3 fully saturated rings. The van der Waals surface area contributed by atoms with Gasteiger partial charge < -0.3 is 0 Å². The molecule has 144 valence electrons. The fourth-order valence-corrected chi connectivity index (χ4v) is 5.63. The molecule has 0 N–H and O–H groups in total. The molecule has 4 atom stereocenters. The van der Waals surface area contributed by atoms with Crippen LogP contribution in [0.15, 0.2) is 66.7 Å². The normalized spacial score (nSPS) is 28.9. The summed E-state index contributed by atoms with van der Waals surface area (Å²) >= 11 is 0. The molecule has 6 rings (SSSR count). The second-order valence-electron chi connectivity index (χ2n) is 8.22. The van der Waals surface area contributed by atoms with E-state index in [1.807, 2.05) is 60.7 Å². The van der Waals surface area contributed by atoms with Crippen molar-refractivity contribution in [2.75, 3.05) is 11.4 Å². The first-order valence-corrected chi connectivity index (χ1v) is 10.3. The first kappa shape index (κ1) is 16.9. The molecule has 2 aromatic carbocycles. The Balaban J connectivity index is 1.46. The average molecular weight is 383 g/mol. The second kappa shape index (κ2) is 6.22. The fraction of sp³-hybridized carbons (Fsp3) is 0.292. The highest BCUT2D eigenvalue weighted by Crippen LogP contribution is 2.53. The summed E-state index contributed by atoms with van der Waals surface area (Å²) in [6.07, 6.45) is 2.03. The van der Waals surface area contributed by atoms with Crippen LogP contribution in [0.3, 0.4) is 0 Å². The molecule has 2 amide bonds. The lowest BCUT2D eigenvalue weighted by Crippen LogP contribution is -2.39. The highest BCUT2D eigenvalue weighted by Gasteiger charge is 2.63. The van der Waals surface area contributed by atoms with Crippen LogP contribution in [0, 0.1) is 11.8 Å². The summed E-state index contributed by atoms with van der Waals surface area (Å²) in [5.41, 5.74) is 2.51. The lowest BCUT2D eigenvalue weighted by atomic mass is 9.86. The van der Waals surface area contributed by atoms with E-state index in [2.05, 4.69) is 11.0 Å². The number of pyridine rings is 1. The number of para-hydroxylation sites is 2. The van der Waals surface area contributed by atoms with Gasteiger partial charge in [0.25, 0.3) is 0 Å². The largest absolute Gasteiger partial charge is 0.290 e. The summed E-state index contributed by atoms with van der Waals surface area (Å²) in [6.45, 7) is 0.919. The number of rotatable bonds is 2. The second-order valence-corrected chi connectivity index (χ2v) is 8.22. The van der Waals surface area contributed by atoms with Crippen molar-refractivity contribution >= 4 is 28.4 Å². The summed E-state index contributed by atoms with van der Waals surface area (Å²) in [5, 5.41) is 1.09. The first-order valence-electron chi connectivity index (χ1n) is 10.3. The molecule has 0 saturated carbocycles. The molecular formula is C24H21N3O2. The summed E-state index contributed by atoms with van der Waals surface area (Å²) in [4.78, 5) is 35.6. The lowest BCUT2D eigenvalue weighted by molar-refractivity contribution is -0.123.